The summed E-state index contributed by atoms with van der Waals surface area (Å²) in [6, 6.07) is 22.6. The van der Waals surface area contributed by atoms with Crippen molar-refractivity contribution in [3.63, 3.8) is 0 Å². The maximum absolute atomic E-state index is 13.4. The Bertz CT molecular complexity index is 1620. The van der Waals surface area contributed by atoms with Crippen molar-refractivity contribution in [2.45, 2.75) is 39.7 Å². The number of carbonyl (C=O) groups excluding carboxylic acids is 2. The number of ether oxygens (including phenoxy) is 1. The van der Waals surface area contributed by atoms with Crippen molar-refractivity contribution in [3.05, 3.63) is 108 Å². The number of benzene rings is 2. The van der Waals surface area contributed by atoms with Crippen LogP contribution in [0, 0.1) is 6.92 Å². The molecule has 198 valence electrons. The molecule has 5 rings (SSSR count). The first-order chi connectivity index (χ1) is 18.9. The lowest BCUT2D eigenvalue weighted by atomic mass is 10.0. The first-order valence-electron chi connectivity index (χ1n) is 13.2. The van der Waals surface area contributed by atoms with Gasteiger partial charge in [0.15, 0.2) is 0 Å². The summed E-state index contributed by atoms with van der Waals surface area (Å²) in [4.78, 5) is 31.0. The Morgan fingerprint density at radius 2 is 1.77 bits per heavy atom. The molecule has 0 unspecified atom stereocenters. The van der Waals surface area contributed by atoms with E-state index < -0.39 is 11.7 Å². The number of amides is 1. The molecule has 3 heterocycles. The molecule has 0 saturated carbocycles. The fourth-order valence-corrected chi connectivity index (χ4v) is 4.81. The van der Waals surface area contributed by atoms with E-state index in [1.165, 1.54) is 0 Å². The van der Waals surface area contributed by atoms with Gasteiger partial charge in [0, 0.05) is 47.8 Å². The van der Waals surface area contributed by atoms with E-state index in [2.05, 4.69) is 28.7 Å². The maximum Gasteiger partial charge on any atom is 0.298 e. The van der Waals surface area contributed by atoms with Crippen LogP contribution in [0.4, 0.5) is 5.69 Å². The summed E-state index contributed by atoms with van der Waals surface area (Å²) in [5, 5.41) is 2.78. The monoisotopic (exact) mass is 520 g/mol. The summed E-state index contributed by atoms with van der Waals surface area (Å²) < 4.78 is 9.92. The zero-order chi connectivity index (χ0) is 27.4. The van der Waals surface area contributed by atoms with Crippen LogP contribution in [0.15, 0.2) is 91.4 Å². The fourth-order valence-electron chi connectivity index (χ4n) is 4.81. The van der Waals surface area contributed by atoms with E-state index in [4.69, 9.17) is 4.74 Å². The number of carbonyl (C=O) groups is 2. The molecule has 0 atom stereocenters. The molecule has 7 nitrogen and oxygen atoms in total. The van der Waals surface area contributed by atoms with Gasteiger partial charge in [0.1, 0.15) is 17.3 Å². The van der Waals surface area contributed by atoms with Gasteiger partial charge < -0.3 is 19.0 Å². The SMILES string of the molecule is Cc1cc(NC(=O)C(=O)c2c(-c3ccccc3)cc3ccccn23)ccc1OCCCn1ccnc1C(C)C. The minimum absolute atomic E-state index is 0.337. The summed E-state index contributed by atoms with van der Waals surface area (Å²) in [6.07, 6.45) is 6.48. The average molecular weight is 521 g/mol. The van der Waals surface area contributed by atoms with E-state index in [1.54, 1.807) is 16.7 Å². The first kappa shape index (κ1) is 26.0. The van der Waals surface area contributed by atoms with Crippen molar-refractivity contribution in [3.8, 4) is 16.9 Å². The molecule has 0 radical (unpaired) electrons. The molecule has 1 amide bonds. The van der Waals surface area contributed by atoms with Crippen LogP contribution in [0.3, 0.4) is 0 Å². The third kappa shape index (κ3) is 5.62. The fraction of sp³-hybridized carbons (Fsp3) is 0.219. The number of ketones is 1. The van der Waals surface area contributed by atoms with Crippen molar-refractivity contribution in [1.82, 2.24) is 14.0 Å². The van der Waals surface area contributed by atoms with Crippen molar-refractivity contribution in [2.24, 2.45) is 0 Å². The number of Topliss-reactive ketones (excluding diaryl/α,β-unsaturated/α-hetero) is 1. The third-order valence-corrected chi connectivity index (χ3v) is 6.68. The first-order valence-corrected chi connectivity index (χ1v) is 13.2. The Morgan fingerprint density at radius 3 is 2.54 bits per heavy atom. The zero-order valence-electron chi connectivity index (χ0n) is 22.4. The summed E-state index contributed by atoms with van der Waals surface area (Å²) in [5.74, 6) is 0.908. The van der Waals surface area contributed by atoms with Crippen molar-refractivity contribution >= 4 is 22.9 Å². The molecular formula is C32H32N4O3. The van der Waals surface area contributed by atoms with Crippen LogP contribution in [-0.2, 0) is 11.3 Å². The number of aryl methyl sites for hydroxylation is 2. The third-order valence-electron chi connectivity index (χ3n) is 6.68. The van der Waals surface area contributed by atoms with E-state index in [-0.39, 0.29) is 0 Å². The zero-order valence-corrected chi connectivity index (χ0v) is 22.4. The van der Waals surface area contributed by atoms with Gasteiger partial charge >= 0.3 is 0 Å². The van der Waals surface area contributed by atoms with Gasteiger partial charge in [0.25, 0.3) is 11.7 Å². The number of imidazole rings is 1. The second-order valence-corrected chi connectivity index (χ2v) is 9.87. The number of aromatic nitrogens is 3. The molecule has 39 heavy (non-hydrogen) atoms. The molecule has 0 aliphatic heterocycles. The highest BCUT2D eigenvalue weighted by molar-refractivity contribution is 6.47. The van der Waals surface area contributed by atoms with Crippen LogP contribution in [0.2, 0.25) is 0 Å². The highest BCUT2D eigenvalue weighted by Crippen LogP contribution is 2.29. The van der Waals surface area contributed by atoms with Gasteiger partial charge in [-0.2, -0.15) is 0 Å². The lowest BCUT2D eigenvalue weighted by molar-refractivity contribution is -0.112. The molecule has 0 spiro atoms. The minimum atomic E-state index is -0.689. The second-order valence-electron chi connectivity index (χ2n) is 9.87. The molecule has 0 aliphatic carbocycles. The highest BCUT2D eigenvalue weighted by atomic mass is 16.5. The van der Waals surface area contributed by atoms with Gasteiger partial charge in [-0.15, -0.1) is 0 Å². The number of hydrogen-bond acceptors (Lipinski definition) is 4. The number of pyridine rings is 1. The normalized spacial score (nSPS) is 11.2. The molecule has 2 aromatic carbocycles. The van der Waals surface area contributed by atoms with Crippen molar-refractivity contribution in [1.29, 1.82) is 0 Å². The molecule has 0 saturated heterocycles. The highest BCUT2D eigenvalue weighted by Gasteiger charge is 2.25. The summed E-state index contributed by atoms with van der Waals surface area (Å²) in [5.41, 5.74) is 4.20. The van der Waals surface area contributed by atoms with Crippen LogP contribution >= 0.6 is 0 Å². The second kappa shape index (κ2) is 11.4. The quantitative estimate of drug-likeness (QED) is 0.129. The Labute approximate surface area is 228 Å². The number of nitrogens with zero attached hydrogens (tertiary/aromatic N) is 3. The van der Waals surface area contributed by atoms with Crippen LogP contribution in [-0.4, -0.2) is 32.2 Å². The summed E-state index contributed by atoms with van der Waals surface area (Å²) >= 11 is 0. The molecular weight excluding hydrogens is 488 g/mol. The molecule has 0 bridgehead atoms. The van der Waals surface area contributed by atoms with Gasteiger partial charge in [0.05, 0.1) is 6.61 Å². The van der Waals surface area contributed by atoms with E-state index in [1.807, 2.05) is 86.0 Å². The largest absolute Gasteiger partial charge is 0.493 e. The van der Waals surface area contributed by atoms with E-state index >= 15 is 0 Å². The molecule has 0 aliphatic rings. The van der Waals surface area contributed by atoms with E-state index in [9.17, 15) is 9.59 Å². The minimum Gasteiger partial charge on any atom is -0.493 e. The van der Waals surface area contributed by atoms with Crippen LogP contribution in [0.5, 0.6) is 5.75 Å². The lowest BCUT2D eigenvalue weighted by Crippen LogP contribution is -2.24. The van der Waals surface area contributed by atoms with Gasteiger partial charge in [-0.1, -0.05) is 50.2 Å². The van der Waals surface area contributed by atoms with Gasteiger partial charge in [0.2, 0.25) is 0 Å². The predicted octanol–water partition coefficient (Wildman–Crippen LogP) is 6.53. The van der Waals surface area contributed by atoms with Gasteiger partial charge in [-0.3, -0.25) is 9.59 Å². The van der Waals surface area contributed by atoms with Crippen LogP contribution in [0.25, 0.3) is 16.6 Å². The van der Waals surface area contributed by atoms with E-state index in [0.717, 1.165) is 46.7 Å². The molecule has 1 N–H and O–H groups in total. The van der Waals surface area contributed by atoms with Crippen LogP contribution < -0.4 is 10.1 Å². The molecule has 3 aromatic heterocycles. The maximum atomic E-state index is 13.4. The number of rotatable bonds is 10. The predicted molar refractivity (Wildman–Crippen MR) is 153 cm³/mol. The molecule has 5 aromatic rings. The topological polar surface area (TPSA) is 77.6 Å². The smallest absolute Gasteiger partial charge is 0.298 e. The summed E-state index contributed by atoms with van der Waals surface area (Å²) in [7, 11) is 0. The number of nitrogens with one attached hydrogen (secondary N) is 1. The number of hydrogen-bond donors (Lipinski definition) is 1. The number of anilines is 1. The Kier molecular flexibility index (Phi) is 7.59. The van der Waals surface area contributed by atoms with Gasteiger partial charge in [-0.25, -0.2) is 4.98 Å². The molecule has 7 heteroatoms. The lowest BCUT2D eigenvalue weighted by Gasteiger charge is -2.13. The van der Waals surface area contributed by atoms with E-state index in [0.29, 0.717) is 23.9 Å². The standard InChI is InChI=1S/C32H32N4O3/c1-22(2)31-33-15-18-35(31)16-9-19-39-28-14-13-25(20-23(28)3)34-32(38)30(37)29-27(24-10-5-4-6-11-24)21-26-12-7-8-17-36(26)29/h4-8,10-15,17-18,20-22H,9,16,19H2,1-3H3,(H,34,38). The van der Waals surface area contributed by atoms with Crippen molar-refractivity contribution < 1.29 is 14.3 Å². The molecule has 0 fully saturated rings. The Hall–Kier alpha value is -4.65. The summed E-state index contributed by atoms with van der Waals surface area (Å²) in [6.45, 7) is 7.59. The Morgan fingerprint density at radius 1 is 0.974 bits per heavy atom. The number of fused-ring (bicyclic) bond motifs is 1. The van der Waals surface area contributed by atoms with Crippen molar-refractivity contribution in [2.75, 3.05) is 11.9 Å². The Balaban J connectivity index is 1.26. The van der Waals surface area contributed by atoms with Crippen LogP contribution in [0.1, 0.15) is 48.1 Å². The van der Waals surface area contributed by atoms with Gasteiger partial charge in [-0.05, 0) is 60.9 Å². The average Bonchev–Trinajstić information content (AvgIpc) is 3.57.